The number of ether oxygens (including phenoxy) is 5. The molecule has 3 aromatic carbocycles. The van der Waals surface area contributed by atoms with E-state index in [0.717, 1.165) is 81.3 Å². The van der Waals surface area contributed by atoms with Crippen LogP contribution in [0.15, 0.2) is 77.3 Å². The summed E-state index contributed by atoms with van der Waals surface area (Å²) < 4.78 is 25.4. The molecular weight excluding hydrogens is 876 g/mol. The van der Waals surface area contributed by atoms with E-state index in [2.05, 4.69) is 45.8 Å². The minimum atomic E-state index is -0.474. The lowest BCUT2D eigenvalue weighted by atomic mass is 10.2. The summed E-state index contributed by atoms with van der Waals surface area (Å²) in [5, 5.41) is 6.49. The van der Waals surface area contributed by atoms with Gasteiger partial charge in [0.1, 0.15) is 11.2 Å². The Hall–Kier alpha value is -5.39. The Morgan fingerprint density at radius 3 is 1.10 bits per heavy atom. The number of piperazine rings is 3. The largest absolute Gasteiger partial charge is 0.465 e. The Bertz CT molecular complexity index is 1880. The van der Waals surface area contributed by atoms with E-state index < -0.39 is 5.60 Å². The zero-order chi connectivity index (χ0) is 46.6. The number of nitrogens with zero attached hydrogens (tertiary/aromatic N) is 4. The summed E-state index contributed by atoms with van der Waals surface area (Å²) in [4.78, 5) is 65.1. The molecule has 0 bridgehead atoms. The number of methoxy groups -OCH3 is 3. The number of halogens is 1. The molecule has 0 radical (unpaired) electrons. The molecule has 6 rings (SSSR count). The molecule has 2 N–H and O–H groups in total. The molecule has 346 valence electrons. The van der Waals surface area contributed by atoms with Gasteiger partial charge in [-0.15, -0.1) is 0 Å². The quantitative estimate of drug-likeness (QED) is 0.211. The van der Waals surface area contributed by atoms with Crippen molar-refractivity contribution in [3.63, 3.8) is 0 Å². The fraction of sp³-hybridized carbons (Fsp3) is 0.500. The van der Waals surface area contributed by atoms with E-state index in [1.54, 1.807) is 46.2 Å². The number of nitrogens with one attached hydrogen (secondary N) is 2. The number of esters is 3. The predicted molar refractivity (Wildman–Crippen MR) is 247 cm³/mol. The van der Waals surface area contributed by atoms with Crippen LogP contribution in [0.1, 0.15) is 72.6 Å². The van der Waals surface area contributed by atoms with Gasteiger partial charge in [-0.05, 0) is 114 Å². The minimum absolute atomic E-state index is 0.200. The van der Waals surface area contributed by atoms with E-state index in [-0.39, 0.29) is 35.7 Å². The molecule has 2 amide bonds. The minimum Gasteiger partial charge on any atom is -0.465 e. The second-order valence-corrected chi connectivity index (χ2v) is 17.4. The fourth-order valence-corrected chi connectivity index (χ4v) is 6.39. The molecule has 16 nitrogen and oxygen atoms in total. The summed E-state index contributed by atoms with van der Waals surface area (Å²) in [6, 6.07) is 21.9. The maximum absolute atomic E-state index is 12.0. The van der Waals surface area contributed by atoms with Crippen LogP contribution in [0.4, 0.5) is 21.0 Å². The van der Waals surface area contributed by atoms with Gasteiger partial charge in [-0.3, -0.25) is 0 Å². The van der Waals surface area contributed by atoms with Gasteiger partial charge in [0.25, 0.3) is 0 Å². The number of benzene rings is 3. The smallest absolute Gasteiger partial charge is 0.410 e. The first-order chi connectivity index (χ1) is 29.8. The molecule has 3 aliphatic heterocycles. The Morgan fingerprint density at radius 1 is 0.460 bits per heavy atom. The van der Waals surface area contributed by atoms with Gasteiger partial charge in [0.05, 0.1) is 38.0 Å². The Balaban J connectivity index is 0.000000233. The van der Waals surface area contributed by atoms with Crippen molar-refractivity contribution in [2.45, 2.75) is 52.7 Å². The van der Waals surface area contributed by atoms with Crippen molar-refractivity contribution in [3.8, 4) is 0 Å². The van der Waals surface area contributed by atoms with Crippen LogP contribution in [-0.2, 0) is 23.7 Å². The van der Waals surface area contributed by atoms with Crippen LogP contribution >= 0.6 is 15.9 Å². The van der Waals surface area contributed by atoms with Crippen LogP contribution in [0, 0.1) is 0 Å². The summed E-state index contributed by atoms with van der Waals surface area (Å²) in [7, 11) is 4.13. The first kappa shape index (κ1) is 52.0. The van der Waals surface area contributed by atoms with Gasteiger partial charge in [0, 0.05) is 94.4 Å². The van der Waals surface area contributed by atoms with E-state index in [1.807, 2.05) is 77.9 Å². The van der Waals surface area contributed by atoms with Gasteiger partial charge >= 0.3 is 30.1 Å². The number of rotatable bonds is 5. The molecule has 0 atom stereocenters. The summed E-state index contributed by atoms with van der Waals surface area (Å²) in [6.45, 7) is 21.2. The molecule has 3 saturated heterocycles. The van der Waals surface area contributed by atoms with Crippen molar-refractivity contribution >= 4 is 57.4 Å². The van der Waals surface area contributed by atoms with Gasteiger partial charge in [-0.25, -0.2) is 24.0 Å². The Labute approximate surface area is 380 Å². The van der Waals surface area contributed by atoms with Crippen LogP contribution in [0.3, 0.4) is 0 Å². The molecule has 0 aromatic heterocycles. The molecular formula is C46H65BrN6O10. The zero-order valence-electron chi connectivity index (χ0n) is 38.2. The summed E-state index contributed by atoms with van der Waals surface area (Å²) in [6.07, 6.45) is -0.466. The summed E-state index contributed by atoms with van der Waals surface area (Å²) in [5.74, 6) is -0.935. The van der Waals surface area contributed by atoms with Gasteiger partial charge < -0.3 is 53.9 Å². The molecule has 3 fully saturated rings. The average Bonchev–Trinajstić information content (AvgIpc) is 3.28. The normalized spacial score (nSPS) is 15.1. The SMILES string of the molecule is CC(C)(C)OC(=O)N1CCNCC1.COC(=O)c1ccc(Br)cc1.COC(=O)c1ccc(N2CCN(C(=O)OC(C)(C)C)CC2)cc1.COC(=O)c1ccc(N2CCNCC2)cc1. The zero-order valence-corrected chi connectivity index (χ0v) is 39.7. The maximum atomic E-state index is 12.0. The average molecular weight is 942 g/mol. The van der Waals surface area contributed by atoms with Gasteiger partial charge in [0.2, 0.25) is 0 Å². The monoisotopic (exact) mass is 940 g/mol. The summed E-state index contributed by atoms with van der Waals surface area (Å²) >= 11 is 3.26. The fourth-order valence-electron chi connectivity index (χ4n) is 6.13. The first-order valence-corrected chi connectivity index (χ1v) is 21.7. The number of hydrogen-bond acceptors (Lipinski definition) is 14. The van der Waals surface area contributed by atoms with Crippen LogP contribution < -0.4 is 20.4 Å². The molecule has 63 heavy (non-hydrogen) atoms. The third-order valence-electron chi connectivity index (χ3n) is 9.39. The molecule has 3 aliphatic rings. The first-order valence-electron chi connectivity index (χ1n) is 20.9. The predicted octanol–water partition coefficient (Wildman–Crippen LogP) is 6.48. The third-order valence-corrected chi connectivity index (χ3v) is 9.92. The second-order valence-electron chi connectivity index (χ2n) is 16.5. The number of hydrogen-bond donors (Lipinski definition) is 2. The van der Waals surface area contributed by atoms with E-state index in [4.69, 9.17) is 14.2 Å². The third kappa shape index (κ3) is 18.9. The number of carbonyl (C=O) groups excluding carboxylic acids is 5. The van der Waals surface area contributed by atoms with Crippen molar-refractivity contribution in [2.24, 2.45) is 0 Å². The van der Waals surface area contributed by atoms with Gasteiger partial charge in [-0.2, -0.15) is 0 Å². The molecule has 3 heterocycles. The standard InChI is InChI=1S/C17H24N2O4.C12H16N2O2.C9H18N2O2.C8H7BrO2/c1-17(2,3)23-16(21)19-11-9-18(10-12-19)14-7-5-13(6-8-14)15(20)22-4;1-16-12(15)10-2-4-11(5-3-10)14-8-6-13-7-9-14;1-9(2,3)13-8(12)11-6-4-10-5-7-11;1-11-8(10)6-2-4-7(9)5-3-6/h5-8H,9-12H2,1-4H3;2-5,13H,6-9H2,1H3;10H,4-7H2,1-3H3;2-5H,1H3. The highest BCUT2D eigenvalue weighted by molar-refractivity contribution is 9.10. The van der Waals surface area contributed by atoms with Crippen LogP contribution in [0.5, 0.6) is 0 Å². The van der Waals surface area contributed by atoms with Gasteiger partial charge in [0.15, 0.2) is 0 Å². The van der Waals surface area contributed by atoms with Crippen molar-refractivity contribution in [3.05, 3.63) is 94.0 Å². The highest BCUT2D eigenvalue weighted by Gasteiger charge is 2.26. The lowest BCUT2D eigenvalue weighted by Crippen LogP contribution is -2.50. The van der Waals surface area contributed by atoms with Crippen molar-refractivity contribution in [2.75, 3.05) is 110 Å². The Morgan fingerprint density at radius 2 is 0.762 bits per heavy atom. The van der Waals surface area contributed by atoms with Crippen molar-refractivity contribution in [1.29, 1.82) is 0 Å². The van der Waals surface area contributed by atoms with E-state index in [9.17, 15) is 24.0 Å². The second kappa shape index (κ2) is 25.7. The van der Waals surface area contributed by atoms with Crippen molar-refractivity contribution in [1.82, 2.24) is 20.4 Å². The van der Waals surface area contributed by atoms with Crippen LogP contribution in [-0.4, -0.2) is 151 Å². The van der Waals surface area contributed by atoms with Crippen LogP contribution in [0.25, 0.3) is 0 Å². The summed E-state index contributed by atoms with van der Waals surface area (Å²) in [5.41, 5.74) is 3.02. The lowest BCUT2D eigenvalue weighted by molar-refractivity contribution is 0.0223. The molecule has 3 aromatic rings. The number of anilines is 2. The maximum Gasteiger partial charge on any atom is 0.410 e. The van der Waals surface area contributed by atoms with Gasteiger partial charge in [-0.1, -0.05) is 15.9 Å². The molecule has 0 spiro atoms. The molecule has 17 heteroatoms. The van der Waals surface area contributed by atoms with E-state index >= 15 is 0 Å². The molecule has 0 saturated carbocycles. The van der Waals surface area contributed by atoms with Crippen molar-refractivity contribution < 1.29 is 47.7 Å². The topological polar surface area (TPSA) is 169 Å². The molecule has 0 unspecified atom stereocenters. The van der Waals surface area contributed by atoms with Crippen LogP contribution in [0.2, 0.25) is 0 Å². The molecule has 0 aliphatic carbocycles. The van der Waals surface area contributed by atoms with E-state index in [1.165, 1.54) is 21.3 Å². The number of carbonyl (C=O) groups is 5. The lowest BCUT2D eigenvalue weighted by Gasteiger charge is -2.36. The highest BCUT2D eigenvalue weighted by atomic mass is 79.9. The highest BCUT2D eigenvalue weighted by Crippen LogP contribution is 2.20. The Kier molecular flexibility index (Phi) is 21.2. The number of amides is 2. The van der Waals surface area contributed by atoms with E-state index in [0.29, 0.717) is 29.8 Å².